The molecule has 0 spiro atoms. The van der Waals surface area contributed by atoms with E-state index in [1.807, 2.05) is 6.08 Å². The van der Waals surface area contributed by atoms with Crippen LogP contribution in [-0.2, 0) is 12.8 Å². The summed E-state index contributed by atoms with van der Waals surface area (Å²) in [5, 5.41) is 0. The first-order valence-electron chi connectivity index (χ1n) is 5.03. The molecular weight excluding hydrogens is 172 g/mol. The molecule has 1 heterocycles. The maximum atomic E-state index is 5.55. The molecular formula is C13H15O. The Morgan fingerprint density at radius 1 is 1.50 bits per heavy atom. The fourth-order valence-electron chi connectivity index (χ4n) is 1.78. The number of benzene rings is 1. The highest BCUT2D eigenvalue weighted by atomic mass is 16.5. The number of rotatable bonds is 2. The van der Waals surface area contributed by atoms with Crippen LogP contribution in [0.4, 0.5) is 0 Å². The summed E-state index contributed by atoms with van der Waals surface area (Å²) in [5.74, 6) is 1.47. The third kappa shape index (κ3) is 1.82. The second-order valence-electron chi connectivity index (χ2n) is 3.91. The largest absolute Gasteiger partial charge is 0.465 e. The monoisotopic (exact) mass is 187 g/mol. The summed E-state index contributed by atoms with van der Waals surface area (Å²) in [7, 11) is 0. The van der Waals surface area contributed by atoms with Crippen LogP contribution in [0.3, 0.4) is 0 Å². The van der Waals surface area contributed by atoms with Crippen molar-refractivity contribution < 1.29 is 4.74 Å². The van der Waals surface area contributed by atoms with Crippen molar-refractivity contribution >= 4 is 0 Å². The second-order valence-corrected chi connectivity index (χ2v) is 3.91. The van der Waals surface area contributed by atoms with Gasteiger partial charge in [0.15, 0.2) is 0 Å². The van der Waals surface area contributed by atoms with Crippen molar-refractivity contribution in [3.05, 3.63) is 48.6 Å². The van der Waals surface area contributed by atoms with Crippen molar-refractivity contribution in [1.82, 2.24) is 0 Å². The topological polar surface area (TPSA) is 9.23 Å². The molecule has 14 heavy (non-hydrogen) atoms. The Kier molecular flexibility index (Phi) is 2.58. The molecule has 73 valence electrons. The van der Waals surface area contributed by atoms with Crippen LogP contribution in [0.5, 0.6) is 5.75 Å². The maximum absolute atomic E-state index is 5.55. The van der Waals surface area contributed by atoms with Gasteiger partial charge in [-0.15, -0.1) is 0 Å². The average Bonchev–Trinajstić information content (AvgIpc) is 2.18. The Balaban J connectivity index is 2.33. The first-order valence-corrected chi connectivity index (χ1v) is 5.03. The molecule has 1 nitrogen and oxygen atoms in total. The van der Waals surface area contributed by atoms with Gasteiger partial charge in [-0.3, -0.25) is 0 Å². The molecule has 1 aromatic carbocycles. The van der Waals surface area contributed by atoms with Gasteiger partial charge in [0.25, 0.3) is 0 Å². The molecule has 0 amide bonds. The predicted octanol–water partition coefficient (Wildman–Crippen LogP) is 3.15. The van der Waals surface area contributed by atoms with Crippen LogP contribution in [0.15, 0.2) is 30.5 Å². The molecule has 1 aromatic rings. The van der Waals surface area contributed by atoms with E-state index in [1.165, 1.54) is 11.1 Å². The average molecular weight is 187 g/mol. The van der Waals surface area contributed by atoms with Crippen LogP contribution < -0.4 is 4.74 Å². The zero-order valence-electron chi connectivity index (χ0n) is 8.49. The SMILES string of the molecule is [CH2]C(C)Cc1cccc2c1OC=CC2. The van der Waals surface area contributed by atoms with Gasteiger partial charge in [-0.1, -0.05) is 32.0 Å². The Morgan fingerprint density at radius 3 is 3.14 bits per heavy atom. The van der Waals surface area contributed by atoms with Gasteiger partial charge in [-0.05, 0) is 36.0 Å². The van der Waals surface area contributed by atoms with Crippen LogP contribution in [0.1, 0.15) is 18.1 Å². The number of ether oxygens (including phenoxy) is 1. The number of fused-ring (bicyclic) bond motifs is 1. The van der Waals surface area contributed by atoms with E-state index >= 15 is 0 Å². The van der Waals surface area contributed by atoms with Crippen molar-refractivity contribution in [2.24, 2.45) is 5.92 Å². The lowest BCUT2D eigenvalue weighted by Crippen LogP contribution is -2.03. The highest BCUT2D eigenvalue weighted by Crippen LogP contribution is 2.29. The number of allylic oxidation sites excluding steroid dienone is 1. The quantitative estimate of drug-likeness (QED) is 0.691. The molecule has 0 aromatic heterocycles. The Hall–Kier alpha value is -1.24. The molecule has 0 aliphatic carbocycles. The zero-order valence-corrected chi connectivity index (χ0v) is 8.49. The molecule has 1 atom stereocenters. The highest BCUT2D eigenvalue weighted by molar-refractivity contribution is 5.44. The lowest BCUT2D eigenvalue weighted by atomic mass is 9.98. The predicted molar refractivity (Wildman–Crippen MR) is 58.1 cm³/mol. The zero-order chi connectivity index (χ0) is 9.97. The maximum Gasteiger partial charge on any atom is 0.133 e. The Bertz CT molecular complexity index is 350. The summed E-state index contributed by atoms with van der Waals surface area (Å²) in [6.45, 7) is 6.13. The summed E-state index contributed by atoms with van der Waals surface area (Å²) >= 11 is 0. The van der Waals surface area contributed by atoms with Gasteiger partial charge in [0.05, 0.1) is 6.26 Å². The van der Waals surface area contributed by atoms with Crippen LogP contribution in [-0.4, -0.2) is 0 Å². The molecule has 0 fully saturated rings. The van der Waals surface area contributed by atoms with Crippen LogP contribution in [0.25, 0.3) is 0 Å². The molecule has 0 saturated carbocycles. The summed E-state index contributed by atoms with van der Waals surface area (Å²) < 4.78 is 5.55. The molecule has 0 bridgehead atoms. The van der Waals surface area contributed by atoms with Crippen molar-refractivity contribution in [2.45, 2.75) is 19.8 Å². The third-order valence-electron chi connectivity index (χ3n) is 2.37. The van der Waals surface area contributed by atoms with Crippen molar-refractivity contribution in [3.8, 4) is 5.75 Å². The molecule has 1 aliphatic heterocycles. The normalized spacial score (nSPS) is 13.9. The lowest BCUT2D eigenvalue weighted by molar-refractivity contribution is 0.455. The van der Waals surface area contributed by atoms with E-state index in [4.69, 9.17) is 4.74 Å². The van der Waals surface area contributed by atoms with Gasteiger partial charge in [-0.2, -0.15) is 0 Å². The van der Waals surface area contributed by atoms with Crippen LogP contribution >= 0.6 is 0 Å². The summed E-state index contributed by atoms with van der Waals surface area (Å²) in [4.78, 5) is 0. The lowest BCUT2D eigenvalue weighted by Gasteiger charge is -2.16. The molecule has 1 radical (unpaired) electrons. The Labute approximate surface area is 85.4 Å². The minimum absolute atomic E-state index is 0.427. The van der Waals surface area contributed by atoms with Crippen LogP contribution in [0, 0.1) is 12.8 Å². The third-order valence-corrected chi connectivity index (χ3v) is 2.37. The van der Waals surface area contributed by atoms with E-state index in [-0.39, 0.29) is 0 Å². The fourth-order valence-corrected chi connectivity index (χ4v) is 1.78. The summed E-state index contributed by atoms with van der Waals surface area (Å²) in [6, 6.07) is 6.34. The summed E-state index contributed by atoms with van der Waals surface area (Å²) in [5.41, 5.74) is 2.56. The van der Waals surface area contributed by atoms with Gasteiger partial charge in [0, 0.05) is 0 Å². The number of para-hydroxylation sites is 1. The Morgan fingerprint density at radius 2 is 2.36 bits per heavy atom. The van der Waals surface area contributed by atoms with E-state index < -0.39 is 0 Å². The summed E-state index contributed by atoms with van der Waals surface area (Å²) in [6.07, 6.45) is 5.78. The van der Waals surface area contributed by atoms with E-state index in [2.05, 4.69) is 32.0 Å². The van der Waals surface area contributed by atoms with E-state index in [1.54, 1.807) is 6.26 Å². The molecule has 2 rings (SSSR count). The number of hydrogen-bond donors (Lipinski definition) is 0. The number of hydrogen-bond acceptors (Lipinski definition) is 1. The first kappa shape index (κ1) is 9.32. The minimum Gasteiger partial charge on any atom is -0.465 e. The molecule has 1 heteroatoms. The van der Waals surface area contributed by atoms with E-state index in [0.29, 0.717) is 5.92 Å². The smallest absolute Gasteiger partial charge is 0.133 e. The molecule has 0 N–H and O–H groups in total. The molecule has 1 unspecified atom stereocenters. The van der Waals surface area contributed by atoms with Gasteiger partial charge in [0.1, 0.15) is 5.75 Å². The van der Waals surface area contributed by atoms with Crippen LogP contribution in [0.2, 0.25) is 0 Å². The second kappa shape index (κ2) is 3.87. The van der Waals surface area contributed by atoms with Crippen molar-refractivity contribution in [1.29, 1.82) is 0 Å². The van der Waals surface area contributed by atoms with Crippen molar-refractivity contribution in [2.75, 3.05) is 0 Å². The van der Waals surface area contributed by atoms with E-state index in [9.17, 15) is 0 Å². The highest BCUT2D eigenvalue weighted by Gasteiger charge is 2.11. The van der Waals surface area contributed by atoms with Gasteiger partial charge in [-0.25, -0.2) is 0 Å². The van der Waals surface area contributed by atoms with Gasteiger partial charge >= 0.3 is 0 Å². The minimum atomic E-state index is 0.427. The standard InChI is InChI=1S/C13H15O/c1-10(2)9-12-6-3-5-11-7-4-8-14-13(11)12/h3-6,8,10H,1,7,9H2,2H3. The molecule has 0 saturated heterocycles. The van der Waals surface area contributed by atoms with Gasteiger partial charge in [0.2, 0.25) is 0 Å². The van der Waals surface area contributed by atoms with E-state index in [0.717, 1.165) is 18.6 Å². The fraction of sp³-hybridized carbons (Fsp3) is 0.308. The molecule has 1 aliphatic rings. The first-order chi connectivity index (χ1) is 6.77. The van der Waals surface area contributed by atoms with Crippen molar-refractivity contribution in [3.63, 3.8) is 0 Å². The van der Waals surface area contributed by atoms with Gasteiger partial charge < -0.3 is 4.74 Å².